The van der Waals surface area contributed by atoms with E-state index in [-0.39, 0.29) is 11.8 Å². The maximum atomic E-state index is 13.2. The monoisotopic (exact) mass is 362 g/mol. The standard InChI is InChI=1S/C22H22N2O3/c1-23-14-19(18-9-2-3-10-20(18)23)21(25)24-11-5-8-17(13-24)15-6-4-7-16(12-15)22(26)27/h2-4,6-7,9-10,12,14,17H,5,8,11,13H2,1H3,(H,26,27)/t17-/m1/s1. The first kappa shape index (κ1) is 17.3. The van der Waals surface area contributed by atoms with Gasteiger partial charge in [-0.3, -0.25) is 4.79 Å². The number of para-hydroxylation sites is 1. The zero-order valence-electron chi connectivity index (χ0n) is 15.3. The SMILES string of the molecule is Cn1cc(C(=O)N2CCC[C@@H](c3cccc(C(=O)O)c3)C2)c2ccccc21. The van der Waals surface area contributed by atoms with E-state index in [9.17, 15) is 14.7 Å². The second-order valence-corrected chi connectivity index (χ2v) is 7.19. The first-order valence-corrected chi connectivity index (χ1v) is 9.21. The first-order valence-electron chi connectivity index (χ1n) is 9.21. The fourth-order valence-electron chi connectivity index (χ4n) is 4.04. The summed E-state index contributed by atoms with van der Waals surface area (Å²) in [4.78, 5) is 26.4. The van der Waals surface area contributed by atoms with Gasteiger partial charge in [-0.1, -0.05) is 30.3 Å². The van der Waals surface area contributed by atoms with Crippen LogP contribution in [-0.2, 0) is 7.05 Å². The number of aromatic carboxylic acids is 1. The minimum absolute atomic E-state index is 0.0471. The number of rotatable bonds is 3. The predicted molar refractivity (Wildman–Crippen MR) is 104 cm³/mol. The molecule has 0 radical (unpaired) electrons. The molecule has 1 saturated heterocycles. The van der Waals surface area contributed by atoms with Gasteiger partial charge < -0.3 is 14.6 Å². The predicted octanol–water partition coefficient (Wildman–Crippen LogP) is 3.90. The molecule has 0 aliphatic carbocycles. The lowest BCUT2D eigenvalue weighted by atomic mass is 9.89. The molecular weight excluding hydrogens is 340 g/mol. The average Bonchev–Trinajstić information content (AvgIpc) is 3.04. The molecule has 1 atom stereocenters. The van der Waals surface area contributed by atoms with Gasteiger partial charge in [0.05, 0.1) is 11.1 Å². The van der Waals surface area contributed by atoms with E-state index in [1.54, 1.807) is 18.2 Å². The molecule has 27 heavy (non-hydrogen) atoms. The van der Waals surface area contributed by atoms with Gasteiger partial charge in [0.25, 0.3) is 5.91 Å². The molecular formula is C22H22N2O3. The molecule has 1 aliphatic rings. The average molecular weight is 362 g/mol. The summed E-state index contributed by atoms with van der Waals surface area (Å²) in [5, 5.41) is 10.2. The zero-order valence-corrected chi connectivity index (χ0v) is 15.3. The van der Waals surface area contributed by atoms with Gasteiger partial charge in [-0.15, -0.1) is 0 Å². The number of carbonyl (C=O) groups excluding carboxylic acids is 1. The van der Waals surface area contributed by atoms with Crippen molar-refractivity contribution in [2.24, 2.45) is 7.05 Å². The molecule has 1 fully saturated rings. The van der Waals surface area contributed by atoms with Crippen molar-refractivity contribution in [1.29, 1.82) is 0 Å². The van der Waals surface area contributed by atoms with Crippen molar-refractivity contribution in [2.45, 2.75) is 18.8 Å². The minimum Gasteiger partial charge on any atom is -0.478 e. The summed E-state index contributed by atoms with van der Waals surface area (Å²) in [6, 6.07) is 15.0. The summed E-state index contributed by atoms with van der Waals surface area (Å²) >= 11 is 0. The molecule has 0 saturated carbocycles. The van der Waals surface area contributed by atoms with Gasteiger partial charge in [-0.2, -0.15) is 0 Å². The maximum absolute atomic E-state index is 13.2. The van der Waals surface area contributed by atoms with E-state index in [4.69, 9.17) is 0 Å². The summed E-state index contributed by atoms with van der Waals surface area (Å²) in [7, 11) is 1.95. The third-order valence-electron chi connectivity index (χ3n) is 5.44. The molecule has 1 N–H and O–H groups in total. The Labute approximate surface area is 157 Å². The molecule has 5 nitrogen and oxygen atoms in total. The summed E-state index contributed by atoms with van der Waals surface area (Å²) in [6.07, 6.45) is 3.78. The number of carboxylic acids is 1. The number of aromatic nitrogens is 1. The molecule has 3 aromatic rings. The van der Waals surface area contributed by atoms with E-state index in [2.05, 4.69) is 0 Å². The highest BCUT2D eigenvalue weighted by Gasteiger charge is 2.27. The van der Waals surface area contributed by atoms with E-state index in [0.717, 1.165) is 41.4 Å². The van der Waals surface area contributed by atoms with Gasteiger partial charge >= 0.3 is 5.97 Å². The van der Waals surface area contributed by atoms with Crippen LogP contribution in [0.1, 0.15) is 45.0 Å². The third-order valence-corrected chi connectivity index (χ3v) is 5.44. The lowest BCUT2D eigenvalue weighted by molar-refractivity contribution is 0.0688. The van der Waals surface area contributed by atoms with Crippen LogP contribution in [0.3, 0.4) is 0 Å². The zero-order chi connectivity index (χ0) is 19.0. The number of piperidine rings is 1. The van der Waals surface area contributed by atoms with Crippen LogP contribution in [-0.4, -0.2) is 39.5 Å². The molecule has 0 spiro atoms. The smallest absolute Gasteiger partial charge is 0.335 e. The second-order valence-electron chi connectivity index (χ2n) is 7.19. The molecule has 0 unspecified atom stereocenters. The van der Waals surface area contributed by atoms with Crippen LogP contribution >= 0.6 is 0 Å². The molecule has 2 aromatic carbocycles. The Morgan fingerprint density at radius 3 is 2.74 bits per heavy atom. The van der Waals surface area contributed by atoms with Crippen molar-refractivity contribution in [1.82, 2.24) is 9.47 Å². The highest BCUT2D eigenvalue weighted by atomic mass is 16.4. The Morgan fingerprint density at radius 1 is 1.11 bits per heavy atom. The van der Waals surface area contributed by atoms with E-state index < -0.39 is 5.97 Å². The van der Waals surface area contributed by atoms with Crippen molar-refractivity contribution in [3.05, 3.63) is 71.4 Å². The Morgan fingerprint density at radius 2 is 1.93 bits per heavy atom. The van der Waals surface area contributed by atoms with Gasteiger partial charge in [0, 0.05) is 43.2 Å². The van der Waals surface area contributed by atoms with Gasteiger partial charge in [0.2, 0.25) is 0 Å². The Bertz CT molecular complexity index is 1020. The molecule has 138 valence electrons. The Kier molecular flexibility index (Phi) is 4.44. The summed E-state index contributed by atoms with van der Waals surface area (Å²) < 4.78 is 1.99. The van der Waals surface area contributed by atoms with Crippen LogP contribution in [0.5, 0.6) is 0 Å². The van der Waals surface area contributed by atoms with Crippen LogP contribution in [0.2, 0.25) is 0 Å². The fraction of sp³-hybridized carbons (Fsp3) is 0.273. The van der Waals surface area contributed by atoms with Gasteiger partial charge in [0.15, 0.2) is 0 Å². The number of likely N-dealkylation sites (tertiary alicyclic amines) is 1. The number of fused-ring (bicyclic) bond motifs is 1. The lowest BCUT2D eigenvalue weighted by Crippen LogP contribution is -2.39. The van der Waals surface area contributed by atoms with Crippen LogP contribution in [0, 0.1) is 0 Å². The van der Waals surface area contributed by atoms with Gasteiger partial charge in [0.1, 0.15) is 0 Å². The highest BCUT2D eigenvalue weighted by molar-refractivity contribution is 6.07. The molecule has 0 bridgehead atoms. The van der Waals surface area contributed by atoms with Crippen LogP contribution in [0.15, 0.2) is 54.7 Å². The van der Waals surface area contributed by atoms with E-state index in [0.29, 0.717) is 12.1 Å². The third kappa shape index (κ3) is 3.21. The molecule has 2 heterocycles. The summed E-state index contributed by atoms with van der Waals surface area (Å²) in [6.45, 7) is 1.35. The van der Waals surface area contributed by atoms with Crippen molar-refractivity contribution >= 4 is 22.8 Å². The van der Waals surface area contributed by atoms with Crippen molar-refractivity contribution in [3.63, 3.8) is 0 Å². The minimum atomic E-state index is -0.920. The van der Waals surface area contributed by atoms with Crippen LogP contribution < -0.4 is 0 Å². The number of benzene rings is 2. The van der Waals surface area contributed by atoms with Crippen molar-refractivity contribution in [2.75, 3.05) is 13.1 Å². The highest BCUT2D eigenvalue weighted by Crippen LogP contribution is 2.30. The number of nitrogens with zero attached hydrogens (tertiary/aromatic N) is 2. The van der Waals surface area contributed by atoms with Crippen molar-refractivity contribution < 1.29 is 14.7 Å². The Hall–Kier alpha value is -3.08. The topological polar surface area (TPSA) is 62.5 Å². The lowest BCUT2D eigenvalue weighted by Gasteiger charge is -2.33. The molecule has 4 rings (SSSR count). The number of aryl methyl sites for hydroxylation is 1. The quantitative estimate of drug-likeness (QED) is 0.769. The Balaban J connectivity index is 1.60. The van der Waals surface area contributed by atoms with Crippen LogP contribution in [0.4, 0.5) is 0 Å². The van der Waals surface area contributed by atoms with Crippen LogP contribution in [0.25, 0.3) is 10.9 Å². The number of hydrogen-bond acceptors (Lipinski definition) is 2. The normalized spacial score (nSPS) is 17.2. The summed E-state index contributed by atoms with van der Waals surface area (Å²) in [5.74, 6) is -0.709. The molecule has 1 aromatic heterocycles. The number of amides is 1. The van der Waals surface area contributed by atoms with Crippen molar-refractivity contribution in [3.8, 4) is 0 Å². The number of carboxylic acid groups (broad SMARTS) is 1. The van der Waals surface area contributed by atoms with Gasteiger partial charge in [-0.05, 0) is 36.6 Å². The van der Waals surface area contributed by atoms with E-state index in [1.165, 1.54) is 0 Å². The largest absolute Gasteiger partial charge is 0.478 e. The van der Waals surface area contributed by atoms with Gasteiger partial charge in [-0.25, -0.2) is 4.79 Å². The fourth-order valence-corrected chi connectivity index (χ4v) is 4.04. The summed E-state index contributed by atoms with van der Waals surface area (Å²) in [5.41, 5.74) is 3.06. The molecule has 5 heteroatoms. The maximum Gasteiger partial charge on any atom is 0.335 e. The van der Waals surface area contributed by atoms with E-state index in [1.807, 2.05) is 53.0 Å². The molecule has 1 amide bonds. The first-order chi connectivity index (χ1) is 13.0. The van der Waals surface area contributed by atoms with E-state index >= 15 is 0 Å². The number of hydrogen-bond donors (Lipinski definition) is 1. The molecule has 1 aliphatic heterocycles. The number of carbonyl (C=O) groups is 2. The second kappa shape index (κ2) is 6.91.